The summed E-state index contributed by atoms with van der Waals surface area (Å²) >= 11 is 0. The minimum Gasteiger partial charge on any atom is -0.494 e. The van der Waals surface area contributed by atoms with Gasteiger partial charge in [-0.1, -0.05) is 61.5 Å². The normalized spacial score (nSPS) is 11.8. The summed E-state index contributed by atoms with van der Waals surface area (Å²) in [6.07, 6.45) is 5.84. The van der Waals surface area contributed by atoms with Gasteiger partial charge in [-0.25, -0.2) is 19.2 Å². The van der Waals surface area contributed by atoms with E-state index < -0.39 is 23.9 Å². The number of carbonyl (C=O) groups excluding carboxylic acids is 6. The highest BCUT2D eigenvalue weighted by molar-refractivity contribution is 6.12. The zero-order valence-corrected chi connectivity index (χ0v) is 38.6. The van der Waals surface area contributed by atoms with Gasteiger partial charge in [0.1, 0.15) is 34.5 Å². The molecule has 0 radical (unpaired) electrons. The number of hydrogen-bond acceptors (Lipinski definition) is 12. The molecular formula is C58H47NO12. The van der Waals surface area contributed by atoms with Gasteiger partial charge in [-0.15, -0.1) is 0 Å². The fourth-order valence-corrected chi connectivity index (χ4v) is 7.28. The average Bonchev–Trinajstić information content (AvgIpc) is 3.72. The molecule has 0 aliphatic carbocycles. The summed E-state index contributed by atoms with van der Waals surface area (Å²) in [6.45, 7) is 3.63. The molecule has 0 saturated heterocycles. The van der Waals surface area contributed by atoms with Gasteiger partial charge >= 0.3 is 23.9 Å². The predicted molar refractivity (Wildman–Crippen MR) is 264 cm³/mol. The van der Waals surface area contributed by atoms with E-state index in [4.69, 9.17) is 28.4 Å². The standard InChI is InChI=1S/C58H47NO12/c1-2-36-66-47-21-9-39(10-22-47)41-13-25-49(26-14-41)68-55(62)43-17-29-51(30-18-43)70-57(64)45-7-6-8-46(38-45)58(65)71-52-31-19-44(20-32-52)56(63)69-50-27-15-42(16-28-50)40-11-23-48(24-12-40)67-37-5-3-4-35-59-53(60)33-34-54(59)61/h6-34,38H,2-5,35-37H2,1H3. The van der Waals surface area contributed by atoms with Crippen LogP contribution < -0.4 is 28.4 Å². The Hall–Kier alpha value is -9.10. The fraction of sp³-hybridized carbons (Fsp3) is 0.138. The van der Waals surface area contributed by atoms with Crippen molar-refractivity contribution in [2.45, 2.75) is 32.6 Å². The van der Waals surface area contributed by atoms with Crippen LogP contribution in [0.15, 0.2) is 182 Å². The Morgan fingerprint density at radius 1 is 0.380 bits per heavy atom. The summed E-state index contributed by atoms with van der Waals surface area (Å²) in [5, 5.41) is 0. The van der Waals surface area contributed by atoms with E-state index >= 15 is 0 Å². The van der Waals surface area contributed by atoms with E-state index in [9.17, 15) is 28.8 Å². The third kappa shape index (κ3) is 13.1. The van der Waals surface area contributed by atoms with Gasteiger partial charge in [-0.3, -0.25) is 14.5 Å². The molecule has 71 heavy (non-hydrogen) atoms. The zero-order chi connectivity index (χ0) is 49.5. The van der Waals surface area contributed by atoms with Gasteiger partial charge in [0.05, 0.1) is 35.5 Å². The first-order chi connectivity index (χ1) is 34.6. The van der Waals surface area contributed by atoms with Crippen molar-refractivity contribution >= 4 is 35.7 Å². The number of unbranched alkanes of at least 4 members (excludes halogenated alkanes) is 2. The Morgan fingerprint density at radius 3 is 1.10 bits per heavy atom. The SMILES string of the molecule is CCCOc1ccc(-c2ccc(OC(=O)c3ccc(OC(=O)c4cccc(C(=O)Oc5ccc(C(=O)Oc6ccc(-c7ccc(OCCCCCN8C(=O)C=CC8=O)cc7)cc6)cc5)c4)cc3)cc2)cc1. The van der Waals surface area contributed by atoms with E-state index in [2.05, 4.69) is 6.92 Å². The number of benzene rings is 7. The minimum atomic E-state index is -0.737. The topological polar surface area (TPSA) is 161 Å². The third-order valence-corrected chi connectivity index (χ3v) is 11.1. The molecule has 2 amide bonds. The molecule has 0 atom stereocenters. The van der Waals surface area contributed by atoms with E-state index in [0.29, 0.717) is 37.7 Å². The van der Waals surface area contributed by atoms with Gasteiger partial charge in [0, 0.05) is 18.7 Å². The molecule has 8 rings (SSSR count). The number of ether oxygens (including phenoxy) is 6. The lowest BCUT2D eigenvalue weighted by atomic mass is 10.1. The number of hydrogen-bond donors (Lipinski definition) is 0. The van der Waals surface area contributed by atoms with Gasteiger partial charge in [-0.05, 0) is 163 Å². The molecule has 0 fully saturated rings. The molecule has 13 nitrogen and oxygen atoms in total. The van der Waals surface area contributed by atoms with Crippen molar-refractivity contribution < 1.29 is 57.2 Å². The molecule has 0 saturated carbocycles. The first kappa shape index (κ1) is 48.4. The molecule has 1 heterocycles. The second-order valence-corrected chi connectivity index (χ2v) is 16.2. The molecule has 13 heteroatoms. The Labute approximate surface area is 409 Å². The lowest BCUT2D eigenvalue weighted by Crippen LogP contribution is -2.30. The van der Waals surface area contributed by atoms with Crippen molar-refractivity contribution in [2.75, 3.05) is 19.8 Å². The maximum Gasteiger partial charge on any atom is 0.343 e. The quantitative estimate of drug-likeness (QED) is 0.0308. The maximum atomic E-state index is 13.1. The molecule has 7 aromatic rings. The number of imide groups is 1. The van der Waals surface area contributed by atoms with Crippen LogP contribution >= 0.6 is 0 Å². The minimum absolute atomic E-state index is 0.0893. The Bertz CT molecular complexity index is 3020. The van der Waals surface area contributed by atoms with E-state index in [1.807, 2.05) is 72.8 Å². The highest BCUT2D eigenvalue weighted by Crippen LogP contribution is 2.28. The summed E-state index contributed by atoms with van der Waals surface area (Å²) in [6, 6.07) is 47.3. The molecule has 0 unspecified atom stereocenters. The molecule has 0 N–H and O–H groups in total. The summed E-state index contributed by atoms with van der Waals surface area (Å²) in [5.41, 5.74) is 4.46. The second kappa shape index (κ2) is 23.3. The van der Waals surface area contributed by atoms with E-state index in [-0.39, 0.29) is 45.6 Å². The third-order valence-electron chi connectivity index (χ3n) is 11.1. The van der Waals surface area contributed by atoms with Crippen LogP contribution in [0.3, 0.4) is 0 Å². The second-order valence-electron chi connectivity index (χ2n) is 16.2. The maximum absolute atomic E-state index is 13.1. The Morgan fingerprint density at radius 2 is 0.718 bits per heavy atom. The largest absolute Gasteiger partial charge is 0.494 e. The Balaban J connectivity index is 0.758. The van der Waals surface area contributed by atoms with Crippen molar-refractivity contribution in [1.82, 2.24) is 4.90 Å². The van der Waals surface area contributed by atoms with Crippen LogP contribution in [0.5, 0.6) is 34.5 Å². The number of carbonyl (C=O) groups is 6. The molecule has 1 aliphatic heterocycles. The fourth-order valence-electron chi connectivity index (χ4n) is 7.28. The van der Waals surface area contributed by atoms with E-state index in [1.165, 1.54) is 89.8 Å². The molecular weight excluding hydrogens is 903 g/mol. The number of nitrogens with zero attached hydrogens (tertiary/aromatic N) is 1. The van der Waals surface area contributed by atoms with E-state index in [0.717, 1.165) is 53.0 Å². The highest BCUT2D eigenvalue weighted by Gasteiger charge is 2.22. The molecule has 1 aliphatic rings. The van der Waals surface area contributed by atoms with Crippen LogP contribution in [0.2, 0.25) is 0 Å². The van der Waals surface area contributed by atoms with Gasteiger partial charge < -0.3 is 28.4 Å². The number of rotatable bonds is 20. The van der Waals surface area contributed by atoms with Crippen molar-refractivity contribution in [2.24, 2.45) is 0 Å². The van der Waals surface area contributed by atoms with Crippen molar-refractivity contribution in [3.63, 3.8) is 0 Å². The van der Waals surface area contributed by atoms with Gasteiger partial charge in [0.2, 0.25) is 0 Å². The summed E-state index contributed by atoms with van der Waals surface area (Å²) in [7, 11) is 0. The molecule has 0 bridgehead atoms. The molecule has 7 aromatic carbocycles. The van der Waals surface area contributed by atoms with E-state index in [1.54, 1.807) is 24.3 Å². The van der Waals surface area contributed by atoms with Crippen LogP contribution in [0.4, 0.5) is 0 Å². The molecule has 356 valence electrons. The van der Waals surface area contributed by atoms with Crippen LogP contribution in [-0.4, -0.2) is 60.4 Å². The number of amides is 2. The predicted octanol–water partition coefficient (Wildman–Crippen LogP) is 11.2. The average molecular weight is 950 g/mol. The summed E-state index contributed by atoms with van der Waals surface area (Å²) in [5.74, 6) is -0.609. The summed E-state index contributed by atoms with van der Waals surface area (Å²) in [4.78, 5) is 76.6. The lowest BCUT2D eigenvalue weighted by Gasteiger charge is -2.13. The zero-order valence-electron chi connectivity index (χ0n) is 38.6. The van der Waals surface area contributed by atoms with Crippen LogP contribution in [-0.2, 0) is 9.59 Å². The van der Waals surface area contributed by atoms with Gasteiger partial charge in [0.15, 0.2) is 0 Å². The lowest BCUT2D eigenvalue weighted by molar-refractivity contribution is -0.136. The van der Waals surface area contributed by atoms with Crippen molar-refractivity contribution in [1.29, 1.82) is 0 Å². The van der Waals surface area contributed by atoms with Crippen LogP contribution in [0, 0.1) is 0 Å². The van der Waals surface area contributed by atoms with Crippen molar-refractivity contribution in [3.05, 3.63) is 204 Å². The first-order valence-electron chi connectivity index (χ1n) is 23.0. The molecule has 0 spiro atoms. The van der Waals surface area contributed by atoms with Crippen LogP contribution in [0.25, 0.3) is 22.3 Å². The molecule has 0 aromatic heterocycles. The first-order valence-corrected chi connectivity index (χ1v) is 23.0. The Kier molecular flexibility index (Phi) is 15.9. The monoisotopic (exact) mass is 949 g/mol. The van der Waals surface area contributed by atoms with Gasteiger partial charge in [-0.2, -0.15) is 0 Å². The van der Waals surface area contributed by atoms with Gasteiger partial charge in [0.25, 0.3) is 11.8 Å². The number of esters is 4. The highest BCUT2D eigenvalue weighted by atomic mass is 16.5. The summed E-state index contributed by atoms with van der Waals surface area (Å²) < 4.78 is 33.7. The smallest absolute Gasteiger partial charge is 0.343 e. The van der Waals surface area contributed by atoms with Crippen LogP contribution in [0.1, 0.15) is 74.0 Å². The van der Waals surface area contributed by atoms with Crippen molar-refractivity contribution in [3.8, 4) is 56.8 Å².